The van der Waals surface area contributed by atoms with Gasteiger partial charge in [0, 0.05) is 30.8 Å². The topological polar surface area (TPSA) is 68.6 Å². The number of amides is 2. The number of urea groups is 1. The Morgan fingerprint density at radius 3 is 3.03 bits per heavy atom. The molecule has 29 heavy (non-hydrogen) atoms. The van der Waals surface area contributed by atoms with Crippen LogP contribution in [0, 0.1) is 0 Å². The number of hydrogen-bond donors (Lipinski definition) is 1. The van der Waals surface area contributed by atoms with Crippen LogP contribution in [0.1, 0.15) is 49.2 Å². The number of aromatic nitrogens is 2. The molecule has 0 aliphatic carbocycles. The van der Waals surface area contributed by atoms with E-state index in [2.05, 4.69) is 16.9 Å². The highest BCUT2D eigenvalue weighted by Gasteiger charge is 2.35. The normalized spacial score (nSPS) is 18.5. The van der Waals surface area contributed by atoms with Crippen LogP contribution in [-0.2, 0) is 24.3 Å². The molecule has 7 heteroatoms. The second kappa shape index (κ2) is 9.31. The third kappa shape index (κ3) is 4.40. The molecule has 1 saturated heterocycles. The van der Waals surface area contributed by atoms with Crippen molar-refractivity contribution in [2.75, 3.05) is 26.3 Å². The lowest BCUT2D eigenvalue weighted by Crippen LogP contribution is -2.40. The predicted octanol–water partition coefficient (Wildman–Crippen LogP) is 3.29. The third-order valence-corrected chi connectivity index (χ3v) is 5.60. The van der Waals surface area contributed by atoms with Gasteiger partial charge in [-0.2, -0.15) is 5.10 Å². The molecule has 4 rings (SSSR count). The molecule has 0 spiro atoms. The minimum Gasteiger partial charge on any atom is -0.492 e. The fourth-order valence-electron chi connectivity index (χ4n) is 4.18. The zero-order chi connectivity index (χ0) is 20.1. The average molecular weight is 399 g/mol. The first-order chi connectivity index (χ1) is 14.3. The van der Waals surface area contributed by atoms with E-state index in [0.29, 0.717) is 32.9 Å². The standard InChI is InChI=1S/C22H30N4O3/c1-2-11-23-22(27)25-12-6-9-20(25)21-18-16-28-14-10-19(18)26(24-21)13-15-29-17-7-4-3-5-8-17/h3-5,7-8,20H,2,6,9-16H2,1H3,(H,23,27). The number of hydrogen-bond acceptors (Lipinski definition) is 4. The Labute approximate surface area is 172 Å². The van der Waals surface area contributed by atoms with E-state index in [1.165, 1.54) is 5.69 Å². The van der Waals surface area contributed by atoms with Crippen LogP contribution >= 0.6 is 0 Å². The van der Waals surface area contributed by atoms with Gasteiger partial charge in [0.2, 0.25) is 0 Å². The summed E-state index contributed by atoms with van der Waals surface area (Å²) < 4.78 is 13.7. The maximum Gasteiger partial charge on any atom is 0.317 e. The number of nitrogens with one attached hydrogen (secondary N) is 1. The van der Waals surface area contributed by atoms with Crippen LogP contribution in [0.15, 0.2) is 30.3 Å². The van der Waals surface area contributed by atoms with Gasteiger partial charge in [-0.05, 0) is 31.4 Å². The van der Waals surface area contributed by atoms with Crippen LogP contribution in [0.5, 0.6) is 5.75 Å². The number of rotatable bonds is 7. The number of ether oxygens (including phenoxy) is 2. The zero-order valence-electron chi connectivity index (χ0n) is 17.1. The predicted molar refractivity (Wildman–Crippen MR) is 110 cm³/mol. The summed E-state index contributed by atoms with van der Waals surface area (Å²) in [5.74, 6) is 0.867. The Kier molecular flexibility index (Phi) is 6.34. The summed E-state index contributed by atoms with van der Waals surface area (Å²) in [7, 11) is 0. The van der Waals surface area contributed by atoms with E-state index >= 15 is 0 Å². The Bertz CT molecular complexity index is 821. The van der Waals surface area contributed by atoms with Crippen molar-refractivity contribution >= 4 is 6.03 Å². The van der Waals surface area contributed by atoms with Crippen LogP contribution in [0.3, 0.4) is 0 Å². The summed E-state index contributed by atoms with van der Waals surface area (Å²) in [6.45, 7) is 6.08. The number of para-hydroxylation sites is 1. The highest BCUT2D eigenvalue weighted by Crippen LogP contribution is 2.35. The lowest BCUT2D eigenvalue weighted by Gasteiger charge is -2.25. The van der Waals surface area contributed by atoms with Crippen LogP contribution in [0.2, 0.25) is 0 Å². The number of fused-ring (bicyclic) bond motifs is 1. The van der Waals surface area contributed by atoms with E-state index in [-0.39, 0.29) is 12.1 Å². The van der Waals surface area contributed by atoms with Gasteiger partial charge >= 0.3 is 6.03 Å². The van der Waals surface area contributed by atoms with Crippen LogP contribution in [0.4, 0.5) is 4.79 Å². The van der Waals surface area contributed by atoms with E-state index in [0.717, 1.165) is 49.2 Å². The Balaban J connectivity index is 1.50. The number of benzene rings is 1. The minimum absolute atomic E-state index is 0.0155. The van der Waals surface area contributed by atoms with Gasteiger partial charge in [-0.3, -0.25) is 4.68 Å². The van der Waals surface area contributed by atoms with Crippen molar-refractivity contribution in [3.8, 4) is 5.75 Å². The molecule has 156 valence electrons. The van der Waals surface area contributed by atoms with Crippen molar-refractivity contribution in [2.24, 2.45) is 0 Å². The molecule has 1 aromatic heterocycles. The Hall–Kier alpha value is -2.54. The van der Waals surface area contributed by atoms with Gasteiger partial charge in [0.15, 0.2) is 0 Å². The molecule has 1 unspecified atom stereocenters. The molecule has 1 atom stereocenters. The van der Waals surface area contributed by atoms with Crippen molar-refractivity contribution in [1.82, 2.24) is 20.0 Å². The molecular weight excluding hydrogens is 368 g/mol. The quantitative estimate of drug-likeness (QED) is 0.777. The van der Waals surface area contributed by atoms with Crippen LogP contribution < -0.4 is 10.1 Å². The van der Waals surface area contributed by atoms with E-state index in [1.807, 2.05) is 35.2 Å². The Morgan fingerprint density at radius 1 is 1.34 bits per heavy atom. The summed E-state index contributed by atoms with van der Waals surface area (Å²) in [6, 6.07) is 9.89. The maximum absolute atomic E-state index is 12.6. The van der Waals surface area contributed by atoms with Crippen molar-refractivity contribution < 1.29 is 14.3 Å². The first-order valence-corrected chi connectivity index (χ1v) is 10.7. The fraction of sp³-hybridized carbons (Fsp3) is 0.545. The van der Waals surface area contributed by atoms with Crippen molar-refractivity contribution in [3.05, 3.63) is 47.3 Å². The molecule has 1 fully saturated rings. The van der Waals surface area contributed by atoms with Gasteiger partial charge < -0.3 is 19.7 Å². The molecule has 2 aliphatic rings. The molecule has 1 aromatic carbocycles. The molecule has 0 radical (unpaired) electrons. The van der Waals surface area contributed by atoms with Gasteiger partial charge in [0.25, 0.3) is 0 Å². The highest BCUT2D eigenvalue weighted by atomic mass is 16.5. The minimum atomic E-state index is 0.0155. The number of nitrogens with zero attached hydrogens (tertiary/aromatic N) is 3. The zero-order valence-corrected chi connectivity index (χ0v) is 17.1. The molecule has 7 nitrogen and oxygen atoms in total. The van der Waals surface area contributed by atoms with Crippen LogP contribution in [0.25, 0.3) is 0 Å². The van der Waals surface area contributed by atoms with Gasteiger partial charge in [0.05, 0.1) is 31.5 Å². The smallest absolute Gasteiger partial charge is 0.317 e. The van der Waals surface area contributed by atoms with E-state index in [1.54, 1.807) is 0 Å². The lowest BCUT2D eigenvalue weighted by atomic mass is 10.0. The van der Waals surface area contributed by atoms with E-state index < -0.39 is 0 Å². The van der Waals surface area contributed by atoms with Crippen molar-refractivity contribution in [2.45, 2.75) is 51.8 Å². The number of likely N-dealkylation sites (tertiary alicyclic amines) is 1. The van der Waals surface area contributed by atoms with Crippen molar-refractivity contribution in [3.63, 3.8) is 0 Å². The summed E-state index contributed by atoms with van der Waals surface area (Å²) in [5.41, 5.74) is 3.39. The molecule has 2 amide bonds. The summed E-state index contributed by atoms with van der Waals surface area (Å²) >= 11 is 0. The first-order valence-electron chi connectivity index (χ1n) is 10.7. The summed E-state index contributed by atoms with van der Waals surface area (Å²) in [6.07, 6.45) is 3.74. The second-order valence-electron chi connectivity index (χ2n) is 7.58. The van der Waals surface area contributed by atoms with Gasteiger partial charge in [-0.15, -0.1) is 0 Å². The number of carbonyl (C=O) groups is 1. The monoisotopic (exact) mass is 398 g/mol. The highest BCUT2D eigenvalue weighted by molar-refractivity contribution is 5.75. The first kappa shape index (κ1) is 19.8. The summed E-state index contributed by atoms with van der Waals surface area (Å²) in [5, 5.41) is 7.97. The average Bonchev–Trinajstić information content (AvgIpc) is 3.38. The van der Waals surface area contributed by atoms with Crippen molar-refractivity contribution in [1.29, 1.82) is 0 Å². The third-order valence-electron chi connectivity index (χ3n) is 5.60. The van der Waals surface area contributed by atoms with Crippen LogP contribution in [-0.4, -0.2) is 47.0 Å². The molecule has 3 heterocycles. The lowest BCUT2D eigenvalue weighted by molar-refractivity contribution is 0.107. The molecule has 2 aliphatic heterocycles. The Morgan fingerprint density at radius 2 is 2.21 bits per heavy atom. The SMILES string of the molecule is CCCNC(=O)N1CCCC1c1nn(CCOc2ccccc2)c2c1COCC2. The molecular formula is C22H30N4O3. The van der Waals surface area contributed by atoms with Gasteiger partial charge in [-0.25, -0.2) is 4.79 Å². The summed E-state index contributed by atoms with van der Waals surface area (Å²) in [4.78, 5) is 14.6. The maximum atomic E-state index is 12.6. The molecule has 2 aromatic rings. The largest absolute Gasteiger partial charge is 0.492 e. The fourth-order valence-corrected chi connectivity index (χ4v) is 4.18. The second-order valence-corrected chi connectivity index (χ2v) is 7.58. The van der Waals surface area contributed by atoms with Gasteiger partial charge in [0.1, 0.15) is 12.4 Å². The number of carbonyl (C=O) groups excluding carboxylic acids is 1. The van der Waals surface area contributed by atoms with E-state index in [4.69, 9.17) is 14.6 Å². The molecule has 1 N–H and O–H groups in total. The molecule has 0 bridgehead atoms. The van der Waals surface area contributed by atoms with E-state index in [9.17, 15) is 4.79 Å². The molecule has 0 saturated carbocycles. The van der Waals surface area contributed by atoms with Gasteiger partial charge in [-0.1, -0.05) is 25.1 Å².